The van der Waals surface area contributed by atoms with Crippen molar-refractivity contribution in [3.05, 3.63) is 65.7 Å². The second-order valence-corrected chi connectivity index (χ2v) is 8.85. The SMILES string of the molecule is CC[C@@H](C(=O)NC(C)C)N(Cc1cccc(OC)c1)C(=O)CCSCc1ccccc1. The van der Waals surface area contributed by atoms with Crippen LogP contribution in [0.1, 0.15) is 44.7 Å². The molecule has 2 amide bonds. The molecular weight excluding hydrogens is 408 g/mol. The van der Waals surface area contributed by atoms with E-state index in [2.05, 4.69) is 17.4 Å². The van der Waals surface area contributed by atoms with E-state index >= 15 is 0 Å². The lowest BCUT2D eigenvalue weighted by atomic mass is 10.1. The standard InChI is InChI=1S/C25H34N2O3S/c1-5-23(25(29)26-19(2)3)27(17-21-12-9-13-22(16-21)30-4)24(28)14-15-31-18-20-10-7-6-8-11-20/h6-13,16,19,23H,5,14-15,17-18H2,1-4H3,(H,26,29)/t23-/m0/s1. The zero-order valence-corrected chi connectivity index (χ0v) is 19.8. The molecule has 0 saturated heterocycles. The number of hydrogen-bond acceptors (Lipinski definition) is 4. The maximum Gasteiger partial charge on any atom is 0.243 e. The molecule has 2 rings (SSSR count). The average molecular weight is 443 g/mol. The Balaban J connectivity index is 2.08. The second-order valence-electron chi connectivity index (χ2n) is 7.75. The van der Waals surface area contributed by atoms with Crippen LogP contribution in [-0.2, 0) is 21.9 Å². The number of thioether (sulfide) groups is 1. The van der Waals surface area contributed by atoms with Gasteiger partial charge in [0.25, 0.3) is 0 Å². The number of rotatable bonds is 12. The van der Waals surface area contributed by atoms with Crippen LogP contribution in [0.25, 0.3) is 0 Å². The Hall–Kier alpha value is -2.47. The van der Waals surface area contributed by atoms with Crippen LogP contribution < -0.4 is 10.1 Å². The summed E-state index contributed by atoms with van der Waals surface area (Å²) in [6.07, 6.45) is 0.957. The summed E-state index contributed by atoms with van der Waals surface area (Å²) in [5, 5.41) is 2.96. The molecule has 0 bridgehead atoms. The highest BCUT2D eigenvalue weighted by Gasteiger charge is 2.28. The van der Waals surface area contributed by atoms with Gasteiger partial charge < -0.3 is 15.0 Å². The summed E-state index contributed by atoms with van der Waals surface area (Å²) in [6, 6.07) is 17.4. The van der Waals surface area contributed by atoms with Crippen LogP contribution in [0, 0.1) is 0 Å². The van der Waals surface area contributed by atoms with Gasteiger partial charge in [0.1, 0.15) is 11.8 Å². The molecule has 0 unspecified atom stereocenters. The van der Waals surface area contributed by atoms with E-state index in [9.17, 15) is 9.59 Å². The zero-order chi connectivity index (χ0) is 22.6. The van der Waals surface area contributed by atoms with Crippen LogP contribution in [0.2, 0.25) is 0 Å². The summed E-state index contributed by atoms with van der Waals surface area (Å²) in [6.45, 7) is 6.18. The summed E-state index contributed by atoms with van der Waals surface area (Å²) in [4.78, 5) is 27.7. The van der Waals surface area contributed by atoms with Crippen molar-refractivity contribution in [2.75, 3.05) is 12.9 Å². The number of carbonyl (C=O) groups excluding carboxylic acids is 2. The quantitative estimate of drug-likeness (QED) is 0.486. The van der Waals surface area contributed by atoms with Crippen molar-refractivity contribution in [2.24, 2.45) is 0 Å². The average Bonchev–Trinajstić information content (AvgIpc) is 2.76. The van der Waals surface area contributed by atoms with E-state index < -0.39 is 6.04 Å². The highest BCUT2D eigenvalue weighted by molar-refractivity contribution is 7.98. The number of ether oxygens (including phenoxy) is 1. The molecule has 0 radical (unpaired) electrons. The number of nitrogens with zero attached hydrogens (tertiary/aromatic N) is 1. The fourth-order valence-corrected chi connectivity index (χ4v) is 4.23. The predicted octanol–water partition coefficient (Wildman–Crippen LogP) is 4.65. The van der Waals surface area contributed by atoms with E-state index in [1.54, 1.807) is 23.8 Å². The molecule has 0 aliphatic carbocycles. The van der Waals surface area contributed by atoms with Gasteiger partial charge in [-0.25, -0.2) is 0 Å². The van der Waals surface area contributed by atoms with Gasteiger partial charge in [0.05, 0.1) is 7.11 Å². The van der Waals surface area contributed by atoms with Crippen molar-refractivity contribution < 1.29 is 14.3 Å². The van der Waals surface area contributed by atoms with Crippen molar-refractivity contribution >= 4 is 23.6 Å². The van der Waals surface area contributed by atoms with E-state index in [0.717, 1.165) is 17.1 Å². The zero-order valence-electron chi connectivity index (χ0n) is 19.0. The highest BCUT2D eigenvalue weighted by atomic mass is 32.2. The molecule has 0 heterocycles. The smallest absolute Gasteiger partial charge is 0.243 e. The molecule has 1 N–H and O–H groups in total. The Morgan fingerprint density at radius 2 is 1.77 bits per heavy atom. The van der Waals surface area contributed by atoms with E-state index in [0.29, 0.717) is 25.1 Å². The van der Waals surface area contributed by atoms with Crippen LogP contribution in [0.3, 0.4) is 0 Å². The Morgan fingerprint density at radius 1 is 1.06 bits per heavy atom. The number of carbonyl (C=O) groups is 2. The summed E-state index contributed by atoms with van der Waals surface area (Å²) in [5.74, 6) is 2.21. The van der Waals surface area contributed by atoms with E-state index in [-0.39, 0.29) is 17.9 Å². The molecule has 5 nitrogen and oxygen atoms in total. The number of benzene rings is 2. The Kier molecular flexibility index (Phi) is 10.4. The first-order valence-electron chi connectivity index (χ1n) is 10.8. The van der Waals surface area contributed by atoms with Gasteiger partial charge in [-0.05, 0) is 43.5 Å². The molecule has 0 aromatic heterocycles. The summed E-state index contributed by atoms with van der Waals surface area (Å²) in [7, 11) is 1.62. The fourth-order valence-electron chi connectivity index (χ4n) is 3.34. The molecular formula is C25H34N2O3S. The number of nitrogens with one attached hydrogen (secondary N) is 1. The van der Waals surface area contributed by atoms with Gasteiger partial charge in [0.15, 0.2) is 0 Å². The third-order valence-corrected chi connectivity index (χ3v) is 5.91. The number of hydrogen-bond donors (Lipinski definition) is 1. The summed E-state index contributed by atoms with van der Waals surface area (Å²) < 4.78 is 5.32. The van der Waals surface area contributed by atoms with Gasteiger partial charge in [0.2, 0.25) is 11.8 Å². The van der Waals surface area contributed by atoms with Crippen LogP contribution in [0.5, 0.6) is 5.75 Å². The third-order valence-electron chi connectivity index (χ3n) is 4.88. The maximum absolute atomic E-state index is 13.2. The molecule has 0 spiro atoms. The molecule has 0 aliphatic heterocycles. The third kappa shape index (κ3) is 8.29. The lowest BCUT2D eigenvalue weighted by Crippen LogP contribution is -2.50. The minimum absolute atomic E-state index is 0.00543. The van der Waals surface area contributed by atoms with E-state index in [4.69, 9.17) is 4.74 Å². The molecule has 0 fully saturated rings. The number of methoxy groups -OCH3 is 1. The molecule has 168 valence electrons. The van der Waals surface area contributed by atoms with Gasteiger partial charge in [-0.15, -0.1) is 0 Å². The van der Waals surface area contributed by atoms with Gasteiger partial charge in [-0.2, -0.15) is 11.8 Å². The van der Waals surface area contributed by atoms with Gasteiger partial charge in [-0.3, -0.25) is 9.59 Å². The van der Waals surface area contributed by atoms with E-state index in [1.807, 2.05) is 63.2 Å². The molecule has 0 saturated carbocycles. The molecule has 2 aromatic rings. The lowest BCUT2D eigenvalue weighted by molar-refractivity contribution is -0.141. The Bertz CT molecular complexity index is 827. The fraction of sp³-hybridized carbons (Fsp3) is 0.440. The monoisotopic (exact) mass is 442 g/mol. The van der Waals surface area contributed by atoms with Crippen molar-refractivity contribution in [3.63, 3.8) is 0 Å². The van der Waals surface area contributed by atoms with Crippen molar-refractivity contribution in [1.82, 2.24) is 10.2 Å². The van der Waals surface area contributed by atoms with Crippen molar-refractivity contribution in [2.45, 2.75) is 58.0 Å². The summed E-state index contributed by atoms with van der Waals surface area (Å²) >= 11 is 1.73. The lowest BCUT2D eigenvalue weighted by Gasteiger charge is -2.31. The molecule has 6 heteroatoms. The first-order chi connectivity index (χ1) is 14.9. The van der Waals surface area contributed by atoms with Gasteiger partial charge in [-0.1, -0.05) is 49.4 Å². The molecule has 0 aliphatic rings. The van der Waals surface area contributed by atoms with Crippen LogP contribution >= 0.6 is 11.8 Å². The maximum atomic E-state index is 13.2. The van der Waals surface area contributed by atoms with Crippen LogP contribution in [0.15, 0.2) is 54.6 Å². The highest BCUT2D eigenvalue weighted by Crippen LogP contribution is 2.19. The Labute approximate surface area is 190 Å². The normalized spacial score (nSPS) is 11.8. The van der Waals surface area contributed by atoms with Gasteiger partial charge in [0, 0.05) is 30.5 Å². The molecule has 2 aromatic carbocycles. The van der Waals surface area contributed by atoms with Crippen molar-refractivity contribution in [1.29, 1.82) is 0 Å². The first kappa shape index (κ1) is 24.8. The van der Waals surface area contributed by atoms with Crippen molar-refractivity contribution in [3.8, 4) is 5.75 Å². The molecule has 31 heavy (non-hydrogen) atoms. The number of amides is 2. The second kappa shape index (κ2) is 13.1. The first-order valence-corrected chi connectivity index (χ1v) is 11.9. The van der Waals surface area contributed by atoms with Crippen LogP contribution in [0.4, 0.5) is 0 Å². The van der Waals surface area contributed by atoms with E-state index in [1.165, 1.54) is 5.56 Å². The van der Waals surface area contributed by atoms with Crippen LogP contribution in [-0.4, -0.2) is 41.7 Å². The topological polar surface area (TPSA) is 58.6 Å². The molecule has 1 atom stereocenters. The largest absolute Gasteiger partial charge is 0.497 e. The minimum Gasteiger partial charge on any atom is -0.497 e. The predicted molar refractivity (Wildman–Crippen MR) is 128 cm³/mol. The van der Waals surface area contributed by atoms with Gasteiger partial charge >= 0.3 is 0 Å². The minimum atomic E-state index is -0.500. The summed E-state index contributed by atoms with van der Waals surface area (Å²) in [5.41, 5.74) is 2.19. The Morgan fingerprint density at radius 3 is 2.42 bits per heavy atom.